The summed E-state index contributed by atoms with van der Waals surface area (Å²) in [6.07, 6.45) is 5.36. The molecule has 0 N–H and O–H groups in total. The number of halogens is 2. The fraction of sp³-hybridized carbons (Fsp3) is 0.333. The van der Waals surface area contributed by atoms with Gasteiger partial charge in [0.25, 0.3) is 0 Å². The third-order valence-corrected chi connectivity index (χ3v) is 13.4. The van der Waals surface area contributed by atoms with Gasteiger partial charge in [0.1, 0.15) is 0 Å². The molecule has 0 aliphatic heterocycles. The summed E-state index contributed by atoms with van der Waals surface area (Å²) < 4.78 is 1.27. The summed E-state index contributed by atoms with van der Waals surface area (Å²) >= 11 is -0.306. The van der Waals surface area contributed by atoms with E-state index in [1.54, 1.807) is 16.7 Å². The Balaban J connectivity index is 0.00000162. The van der Waals surface area contributed by atoms with Gasteiger partial charge in [0.15, 0.2) is 0 Å². The van der Waals surface area contributed by atoms with Gasteiger partial charge in [-0.25, -0.2) is 0 Å². The molecule has 1 unspecified atom stereocenters. The van der Waals surface area contributed by atoms with Crippen molar-refractivity contribution in [2.75, 3.05) is 12.3 Å². The molecule has 176 valence electrons. The van der Waals surface area contributed by atoms with E-state index in [0.29, 0.717) is 8.45 Å². The van der Waals surface area contributed by atoms with Gasteiger partial charge in [0, 0.05) is 0 Å². The van der Waals surface area contributed by atoms with Crippen LogP contribution in [0.4, 0.5) is 0 Å². The predicted octanol–water partition coefficient (Wildman–Crippen LogP) is 2.74. The van der Waals surface area contributed by atoms with Crippen molar-refractivity contribution < 1.29 is 44.0 Å². The van der Waals surface area contributed by atoms with Crippen molar-refractivity contribution >= 4 is 14.0 Å². The first-order valence-electron chi connectivity index (χ1n) is 12.0. The Morgan fingerprint density at radius 1 is 0.647 bits per heavy atom. The van der Waals surface area contributed by atoms with E-state index in [1.807, 2.05) is 5.31 Å². The molecular weight excluding hydrogens is 510 g/mol. The van der Waals surface area contributed by atoms with Crippen LogP contribution in [0.3, 0.4) is 0 Å². The summed E-state index contributed by atoms with van der Waals surface area (Å²) in [4.78, 5) is 0. The molecule has 0 spiro atoms. The minimum atomic E-state index is -0.306. The molecule has 2 aliphatic carbocycles. The van der Waals surface area contributed by atoms with Gasteiger partial charge in [-0.3, -0.25) is 0 Å². The third kappa shape index (κ3) is 5.43. The largest absolute Gasteiger partial charge is 1.00 e. The molecule has 2 aliphatic rings. The first kappa shape index (κ1) is 27.7. The fourth-order valence-corrected chi connectivity index (χ4v) is 12.7. The van der Waals surface area contributed by atoms with Crippen molar-refractivity contribution in [3.05, 3.63) is 100 Å². The van der Waals surface area contributed by atoms with Gasteiger partial charge < -0.3 is 24.8 Å². The molecule has 34 heavy (non-hydrogen) atoms. The summed E-state index contributed by atoms with van der Waals surface area (Å²) in [6, 6.07) is 27.7. The molecule has 4 heteroatoms. The minimum Gasteiger partial charge on any atom is -1.00 e. The number of hydrogen-bond acceptors (Lipinski definition) is 0. The van der Waals surface area contributed by atoms with Crippen LogP contribution in [0.5, 0.6) is 0 Å². The minimum absolute atomic E-state index is 0. The molecule has 0 saturated heterocycles. The summed E-state index contributed by atoms with van der Waals surface area (Å²) in [5, 5.41) is 1.81. The van der Waals surface area contributed by atoms with Crippen LogP contribution in [0.15, 0.2) is 78.1 Å². The van der Waals surface area contributed by atoms with Crippen molar-refractivity contribution in [3.8, 4) is 11.1 Å². The first-order chi connectivity index (χ1) is 15.5. The smallest absolute Gasteiger partial charge is 1.00 e. The molecule has 0 radical (unpaired) electrons. The zero-order valence-corrected chi connectivity index (χ0v) is 24.4. The zero-order valence-electron chi connectivity index (χ0n) is 20.4. The monoisotopic (exact) mass is 542 g/mol. The van der Waals surface area contributed by atoms with E-state index in [2.05, 4.69) is 107 Å². The van der Waals surface area contributed by atoms with Crippen molar-refractivity contribution in [3.63, 3.8) is 0 Å². The maximum Gasteiger partial charge on any atom is -1.00 e. The van der Waals surface area contributed by atoms with E-state index in [0.717, 1.165) is 11.8 Å². The van der Waals surface area contributed by atoms with Crippen LogP contribution in [-0.4, -0.2) is 12.3 Å². The predicted molar refractivity (Wildman–Crippen MR) is 137 cm³/mol. The standard InChI is InChI=1S/C17H24P.C13H9.2ClH.Ti/c1-13(2)11-18(12-14(3)4)17-9-15-7-5-6-8-16(15)10-17;1-3-7-12-10(5-1)9-11-6-2-4-8-13(11)12;;;/h5-10,13-14H,11-12H2,1-4H3;1-9H;2*1H;/q;;;;+2/p-2. The topological polar surface area (TPSA) is 0 Å². The van der Waals surface area contributed by atoms with Crippen LogP contribution < -0.4 is 24.8 Å². The summed E-state index contributed by atoms with van der Waals surface area (Å²) in [6.45, 7) is 9.64. The van der Waals surface area contributed by atoms with Gasteiger partial charge in [0.2, 0.25) is 0 Å². The van der Waals surface area contributed by atoms with E-state index in [9.17, 15) is 0 Å². The Hall–Kier alpha value is -0.876. The average Bonchev–Trinajstić information content (AvgIpc) is 3.30. The van der Waals surface area contributed by atoms with Crippen molar-refractivity contribution in [2.45, 2.75) is 36.1 Å². The van der Waals surface area contributed by atoms with E-state index in [1.165, 1.54) is 29.0 Å². The van der Waals surface area contributed by atoms with Gasteiger partial charge in [-0.1, -0.05) is 0 Å². The molecule has 0 nitrogen and oxygen atoms in total. The molecule has 0 fully saturated rings. The van der Waals surface area contributed by atoms with E-state index >= 15 is 0 Å². The van der Waals surface area contributed by atoms with Crippen molar-refractivity contribution in [2.24, 2.45) is 11.8 Å². The van der Waals surface area contributed by atoms with Crippen LogP contribution in [0.25, 0.3) is 17.2 Å². The molecule has 0 saturated carbocycles. The molecule has 0 bridgehead atoms. The molecule has 0 amide bonds. The van der Waals surface area contributed by atoms with Crippen LogP contribution in [0.1, 0.15) is 58.4 Å². The maximum atomic E-state index is 2.62. The summed E-state index contributed by atoms with van der Waals surface area (Å²) in [5.41, 5.74) is 9.21. The Morgan fingerprint density at radius 2 is 1.12 bits per heavy atom. The summed E-state index contributed by atoms with van der Waals surface area (Å²) in [5.74, 6) is 1.52. The third-order valence-electron chi connectivity index (χ3n) is 6.61. The van der Waals surface area contributed by atoms with Gasteiger partial charge >= 0.3 is 205 Å². The summed E-state index contributed by atoms with van der Waals surface area (Å²) in [7, 11) is -0.0888. The average molecular weight is 543 g/mol. The maximum absolute atomic E-state index is 2.62. The molecule has 5 rings (SSSR count). The second-order valence-corrected chi connectivity index (χ2v) is 14.7. The van der Waals surface area contributed by atoms with Gasteiger partial charge in [-0.05, 0) is 0 Å². The van der Waals surface area contributed by atoms with Crippen molar-refractivity contribution in [1.82, 2.24) is 0 Å². The Kier molecular flexibility index (Phi) is 9.70. The zero-order chi connectivity index (χ0) is 22.2. The van der Waals surface area contributed by atoms with Gasteiger partial charge in [-0.15, -0.1) is 0 Å². The number of rotatable bonds is 7. The molecule has 1 atom stereocenters. The molecule has 3 aromatic rings. The van der Waals surface area contributed by atoms with Gasteiger partial charge in [-0.2, -0.15) is 0 Å². The SMILES string of the molecule is CC(C)CP(CC(C)C)C1=Cc2ccccc2[CH]1[Ti+2][CH]1c2ccccc2-c2ccccc21.[Cl-].[Cl-]. The number of allylic oxidation sites excluding steroid dienone is 1. The first-order valence-corrected chi connectivity index (χ1v) is 15.5. The Morgan fingerprint density at radius 3 is 1.65 bits per heavy atom. The van der Waals surface area contributed by atoms with E-state index in [-0.39, 0.29) is 51.9 Å². The fourth-order valence-electron chi connectivity index (χ4n) is 5.42. The van der Waals surface area contributed by atoms with Crippen molar-refractivity contribution in [1.29, 1.82) is 0 Å². The Labute approximate surface area is 228 Å². The second kappa shape index (κ2) is 11.9. The van der Waals surface area contributed by atoms with E-state index in [4.69, 9.17) is 0 Å². The normalized spacial score (nSPS) is 15.9. The number of benzene rings is 3. The van der Waals surface area contributed by atoms with Crippen LogP contribution in [0, 0.1) is 11.8 Å². The Bertz CT molecular complexity index is 1100. The van der Waals surface area contributed by atoms with Gasteiger partial charge in [0.05, 0.1) is 0 Å². The molecule has 0 heterocycles. The number of fused-ring (bicyclic) bond motifs is 4. The molecule has 0 aromatic heterocycles. The molecular formula is C30H33Cl2PTi. The van der Waals surface area contributed by atoms with Crippen LogP contribution in [-0.2, 0) is 19.2 Å². The quantitative estimate of drug-likeness (QED) is 0.318. The van der Waals surface area contributed by atoms with E-state index < -0.39 is 0 Å². The van der Waals surface area contributed by atoms with Crippen LogP contribution >= 0.6 is 7.92 Å². The second-order valence-electron chi connectivity index (χ2n) is 10.1. The molecule has 3 aromatic carbocycles. The van der Waals surface area contributed by atoms with Crippen LogP contribution in [0.2, 0.25) is 0 Å². The number of hydrogen-bond donors (Lipinski definition) is 0.